The lowest BCUT2D eigenvalue weighted by Crippen LogP contribution is -2.42. The molecule has 8 heteroatoms. The first-order valence-corrected chi connectivity index (χ1v) is 8.18. The maximum Gasteiger partial charge on any atom is 0.326 e. The molecule has 0 radical (unpaired) electrons. The molecule has 0 aromatic heterocycles. The fourth-order valence-corrected chi connectivity index (χ4v) is 3.06. The summed E-state index contributed by atoms with van der Waals surface area (Å²) in [6, 6.07) is 2.26. The smallest absolute Gasteiger partial charge is 0.326 e. The number of amides is 1. The molecule has 0 aliphatic heterocycles. The molecule has 0 saturated carbocycles. The van der Waals surface area contributed by atoms with Crippen molar-refractivity contribution >= 4 is 39.6 Å². The molecule has 0 aliphatic carbocycles. The van der Waals surface area contributed by atoms with Crippen molar-refractivity contribution in [2.24, 2.45) is 0 Å². The van der Waals surface area contributed by atoms with Gasteiger partial charge in [-0.3, -0.25) is 4.79 Å². The van der Waals surface area contributed by atoms with Crippen molar-refractivity contribution in [3.8, 4) is 0 Å². The fraction of sp³-hybridized carbons (Fsp3) is 0.429. The Morgan fingerprint density at radius 3 is 2.50 bits per heavy atom. The summed E-state index contributed by atoms with van der Waals surface area (Å²) in [5.41, 5.74) is 1.98. The van der Waals surface area contributed by atoms with Crippen molar-refractivity contribution in [1.29, 1.82) is 0 Å². The first-order valence-electron chi connectivity index (χ1n) is 6.40. The van der Waals surface area contributed by atoms with E-state index in [2.05, 4.69) is 21.2 Å². The molecule has 1 aromatic carbocycles. The minimum Gasteiger partial charge on any atom is -0.480 e. The van der Waals surface area contributed by atoms with Crippen LogP contribution in [0.4, 0.5) is 8.78 Å². The molecule has 1 unspecified atom stereocenters. The van der Waals surface area contributed by atoms with Gasteiger partial charge in [-0.25, -0.2) is 13.6 Å². The molecule has 2 N–H and O–H groups in total. The highest BCUT2D eigenvalue weighted by atomic mass is 79.9. The van der Waals surface area contributed by atoms with Gasteiger partial charge in [0.25, 0.3) is 0 Å². The number of hydrogen-bond donors (Lipinski definition) is 2. The van der Waals surface area contributed by atoms with Crippen LogP contribution in [0.2, 0.25) is 0 Å². The number of nitrogens with one attached hydrogen (secondary N) is 1. The van der Waals surface area contributed by atoms with Gasteiger partial charge in [0.05, 0.1) is 5.75 Å². The Morgan fingerprint density at radius 1 is 1.32 bits per heavy atom. The molecular formula is C14H16BrF2NO3S. The maximum absolute atomic E-state index is 12.3. The summed E-state index contributed by atoms with van der Waals surface area (Å²) in [4.78, 5) is 23.4. The number of thioether (sulfide) groups is 1. The Bertz CT molecular complexity index is 569. The molecule has 0 aliphatic rings. The summed E-state index contributed by atoms with van der Waals surface area (Å²) in [5, 5.41) is 10.9. The second-order valence-corrected chi connectivity index (χ2v) is 6.61. The van der Waals surface area contributed by atoms with E-state index in [0.717, 1.165) is 20.5 Å². The Morgan fingerprint density at radius 2 is 1.95 bits per heavy atom. The number of carbonyl (C=O) groups excluding carboxylic acids is 1. The van der Waals surface area contributed by atoms with Crippen LogP contribution in [0.15, 0.2) is 21.5 Å². The second-order valence-electron chi connectivity index (χ2n) is 4.74. The van der Waals surface area contributed by atoms with Crippen LogP contribution in [0.5, 0.6) is 0 Å². The number of rotatable bonds is 7. The number of aryl methyl sites for hydroxylation is 2. The highest BCUT2D eigenvalue weighted by molar-refractivity contribution is 9.10. The number of carbonyl (C=O) groups is 2. The summed E-state index contributed by atoms with van der Waals surface area (Å²) >= 11 is 4.64. The molecule has 1 aromatic rings. The average Bonchev–Trinajstić information content (AvgIpc) is 2.40. The van der Waals surface area contributed by atoms with E-state index in [-0.39, 0.29) is 5.75 Å². The average molecular weight is 396 g/mol. The lowest BCUT2D eigenvalue weighted by Gasteiger charge is -2.14. The largest absolute Gasteiger partial charge is 0.480 e. The van der Waals surface area contributed by atoms with Crippen molar-refractivity contribution < 1.29 is 23.5 Å². The molecule has 1 rings (SSSR count). The van der Waals surface area contributed by atoms with Gasteiger partial charge in [0.1, 0.15) is 6.04 Å². The molecule has 0 bridgehead atoms. The first kappa shape index (κ1) is 18.9. The molecule has 122 valence electrons. The van der Waals surface area contributed by atoms with Gasteiger partial charge in [-0.2, -0.15) is 0 Å². The SMILES string of the molecule is Cc1cc(SCC(=O)NC(CC(F)F)C(=O)O)c(C)cc1Br. The summed E-state index contributed by atoms with van der Waals surface area (Å²) in [6.07, 6.45) is -3.69. The number of halogens is 3. The zero-order valence-electron chi connectivity index (χ0n) is 12.0. The van der Waals surface area contributed by atoms with E-state index in [1.165, 1.54) is 11.8 Å². The normalized spacial score (nSPS) is 12.3. The second kappa shape index (κ2) is 8.47. The molecule has 4 nitrogen and oxygen atoms in total. The Balaban J connectivity index is 2.62. The van der Waals surface area contributed by atoms with Crippen molar-refractivity contribution in [3.05, 3.63) is 27.7 Å². The molecule has 1 amide bonds. The van der Waals surface area contributed by atoms with E-state index >= 15 is 0 Å². The van der Waals surface area contributed by atoms with E-state index in [1.54, 1.807) is 0 Å². The molecule has 0 spiro atoms. The molecule has 0 fully saturated rings. The third-order valence-electron chi connectivity index (χ3n) is 2.86. The summed E-state index contributed by atoms with van der Waals surface area (Å²) in [5.74, 6) is -2.08. The van der Waals surface area contributed by atoms with Crippen LogP contribution in [0, 0.1) is 13.8 Å². The van der Waals surface area contributed by atoms with Gasteiger partial charge in [0.2, 0.25) is 12.3 Å². The van der Waals surface area contributed by atoms with E-state index < -0.39 is 30.8 Å². The van der Waals surface area contributed by atoms with E-state index in [0.29, 0.717) is 0 Å². The maximum atomic E-state index is 12.3. The highest BCUT2D eigenvalue weighted by Gasteiger charge is 2.24. The Labute approximate surface area is 139 Å². The third kappa shape index (κ3) is 5.92. The summed E-state index contributed by atoms with van der Waals surface area (Å²) in [6.45, 7) is 3.80. The lowest BCUT2D eigenvalue weighted by molar-refractivity contribution is -0.142. The van der Waals surface area contributed by atoms with Crippen LogP contribution in [-0.2, 0) is 9.59 Å². The quantitative estimate of drug-likeness (QED) is 0.694. The van der Waals surface area contributed by atoms with Crippen LogP contribution in [0.3, 0.4) is 0 Å². The minimum absolute atomic E-state index is 0.0328. The number of benzene rings is 1. The van der Waals surface area contributed by atoms with Gasteiger partial charge in [-0.05, 0) is 37.1 Å². The van der Waals surface area contributed by atoms with Crippen molar-refractivity contribution in [2.75, 3.05) is 5.75 Å². The predicted molar refractivity (Wildman–Crippen MR) is 84.5 cm³/mol. The van der Waals surface area contributed by atoms with Crippen LogP contribution >= 0.6 is 27.7 Å². The number of aliphatic carboxylic acids is 1. The minimum atomic E-state index is -2.79. The standard InChI is InChI=1S/C14H16BrF2NO3S/c1-7-4-11(8(2)3-9(7)15)22-6-13(19)18-10(14(20)21)5-12(16)17/h3-4,10,12H,5-6H2,1-2H3,(H,18,19)(H,20,21). The van der Waals surface area contributed by atoms with Gasteiger partial charge in [-0.1, -0.05) is 15.9 Å². The molecule has 22 heavy (non-hydrogen) atoms. The number of hydrogen-bond acceptors (Lipinski definition) is 3. The van der Waals surface area contributed by atoms with E-state index in [4.69, 9.17) is 5.11 Å². The fourth-order valence-electron chi connectivity index (χ4n) is 1.69. The van der Waals surface area contributed by atoms with Crippen molar-refractivity contribution in [1.82, 2.24) is 5.32 Å². The van der Waals surface area contributed by atoms with Crippen molar-refractivity contribution in [2.45, 2.75) is 37.6 Å². The van der Waals surface area contributed by atoms with Crippen molar-refractivity contribution in [3.63, 3.8) is 0 Å². The van der Waals surface area contributed by atoms with Gasteiger partial charge in [0.15, 0.2) is 0 Å². The molecule has 0 saturated heterocycles. The zero-order valence-corrected chi connectivity index (χ0v) is 14.4. The number of carboxylic acid groups (broad SMARTS) is 1. The summed E-state index contributed by atoms with van der Waals surface area (Å²) < 4.78 is 25.5. The monoisotopic (exact) mass is 395 g/mol. The predicted octanol–water partition coefficient (Wildman–Crippen LogP) is 3.38. The van der Waals surface area contributed by atoms with Crippen LogP contribution in [0.25, 0.3) is 0 Å². The van der Waals surface area contributed by atoms with Crippen LogP contribution in [-0.4, -0.2) is 35.2 Å². The molecule has 1 atom stereocenters. The molecule has 0 heterocycles. The van der Waals surface area contributed by atoms with E-state index in [1.807, 2.05) is 26.0 Å². The first-order chi connectivity index (χ1) is 10.2. The van der Waals surface area contributed by atoms with Crippen LogP contribution < -0.4 is 5.32 Å². The van der Waals surface area contributed by atoms with Crippen LogP contribution in [0.1, 0.15) is 17.5 Å². The summed E-state index contributed by atoms with van der Waals surface area (Å²) in [7, 11) is 0. The topological polar surface area (TPSA) is 66.4 Å². The molecular weight excluding hydrogens is 380 g/mol. The Hall–Kier alpha value is -1.15. The number of alkyl halides is 2. The van der Waals surface area contributed by atoms with Gasteiger partial charge in [-0.15, -0.1) is 11.8 Å². The van der Waals surface area contributed by atoms with E-state index in [9.17, 15) is 18.4 Å². The number of carboxylic acids is 1. The van der Waals surface area contributed by atoms with Gasteiger partial charge in [0, 0.05) is 15.8 Å². The Kier molecular flexibility index (Phi) is 7.28. The zero-order chi connectivity index (χ0) is 16.9. The van der Waals surface area contributed by atoms with Gasteiger partial charge < -0.3 is 10.4 Å². The third-order valence-corrected chi connectivity index (χ3v) is 4.87. The lowest BCUT2D eigenvalue weighted by atomic mass is 10.2. The van der Waals surface area contributed by atoms with Gasteiger partial charge >= 0.3 is 5.97 Å². The highest BCUT2D eigenvalue weighted by Crippen LogP contribution is 2.28.